The van der Waals surface area contributed by atoms with Crippen LogP contribution in [0.15, 0.2) is 29.6 Å². The number of aryl methyl sites for hydroxylation is 1. The minimum Gasteiger partial charge on any atom is -0.462 e. The lowest BCUT2D eigenvalue weighted by Crippen LogP contribution is -2.08. The van der Waals surface area contributed by atoms with Gasteiger partial charge in [-0.3, -0.25) is 4.68 Å². The van der Waals surface area contributed by atoms with E-state index in [9.17, 15) is 4.79 Å². The van der Waals surface area contributed by atoms with Crippen molar-refractivity contribution in [3.05, 3.63) is 40.8 Å². The average molecular weight is 312 g/mol. The molecule has 0 bridgehead atoms. The molecule has 0 unspecified atom stereocenters. The third-order valence-electron chi connectivity index (χ3n) is 2.61. The van der Waals surface area contributed by atoms with E-state index in [-0.39, 0.29) is 5.97 Å². The zero-order chi connectivity index (χ0) is 14.5. The lowest BCUT2D eigenvalue weighted by atomic mass is 10.3. The molecule has 7 heteroatoms. The number of hydrogen-bond donors (Lipinski definition) is 0. The number of thioether (sulfide) groups is 1. The van der Waals surface area contributed by atoms with Gasteiger partial charge in [-0.05, 0) is 19.1 Å². The zero-order valence-electron chi connectivity index (χ0n) is 11.2. The number of pyridine rings is 1. The number of carbonyl (C=O) groups is 1. The van der Waals surface area contributed by atoms with Crippen LogP contribution >= 0.6 is 23.4 Å². The Kier molecular flexibility index (Phi) is 5.03. The van der Waals surface area contributed by atoms with Crippen molar-refractivity contribution in [2.24, 2.45) is 7.05 Å². The molecule has 0 amide bonds. The normalized spacial score (nSPS) is 10.6. The Labute approximate surface area is 126 Å². The van der Waals surface area contributed by atoms with E-state index in [1.165, 1.54) is 18.0 Å². The maximum atomic E-state index is 11.8. The third-order valence-corrected chi connectivity index (χ3v) is 3.79. The first-order valence-corrected chi connectivity index (χ1v) is 7.40. The highest BCUT2D eigenvalue weighted by Gasteiger charge is 2.17. The van der Waals surface area contributed by atoms with Crippen LogP contribution in [0.4, 0.5) is 0 Å². The molecule has 0 aromatic carbocycles. The van der Waals surface area contributed by atoms with Gasteiger partial charge in [-0.25, -0.2) is 9.78 Å². The van der Waals surface area contributed by atoms with E-state index in [2.05, 4.69) is 10.1 Å². The Bertz CT molecular complexity index is 598. The highest BCUT2D eigenvalue weighted by Crippen LogP contribution is 2.23. The molecule has 2 aromatic heterocycles. The second-order valence-corrected chi connectivity index (χ2v) is 5.38. The molecule has 0 aliphatic rings. The predicted molar refractivity (Wildman–Crippen MR) is 78.0 cm³/mol. The van der Waals surface area contributed by atoms with Crippen LogP contribution in [-0.4, -0.2) is 27.3 Å². The van der Waals surface area contributed by atoms with Crippen molar-refractivity contribution in [3.8, 4) is 0 Å². The Morgan fingerprint density at radius 1 is 1.45 bits per heavy atom. The largest absolute Gasteiger partial charge is 0.462 e. The zero-order valence-corrected chi connectivity index (χ0v) is 12.7. The summed E-state index contributed by atoms with van der Waals surface area (Å²) in [5.74, 6) is 0.236. The molecule has 0 saturated heterocycles. The van der Waals surface area contributed by atoms with Crippen LogP contribution in [0.3, 0.4) is 0 Å². The van der Waals surface area contributed by atoms with Gasteiger partial charge in [-0.15, -0.1) is 11.8 Å². The maximum absolute atomic E-state index is 11.8. The molecule has 0 saturated carbocycles. The smallest absolute Gasteiger partial charge is 0.341 e. The molecule has 2 aromatic rings. The first kappa shape index (κ1) is 14.9. The molecular weight excluding hydrogens is 298 g/mol. The van der Waals surface area contributed by atoms with Crippen molar-refractivity contribution < 1.29 is 9.53 Å². The summed E-state index contributed by atoms with van der Waals surface area (Å²) in [5, 5.41) is 5.54. The highest BCUT2D eigenvalue weighted by atomic mass is 35.5. The second-order valence-electron chi connectivity index (χ2n) is 3.95. The first-order chi connectivity index (χ1) is 9.61. The van der Waals surface area contributed by atoms with Crippen molar-refractivity contribution in [1.82, 2.24) is 14.8 Å². The number of ether oxygens (including phenoxy) is 1. The van der Waals surface area contributed by atoms with E-state index in [4.69, 9.17) is 16.3 Å². The van der Waals surface area contributed by atoms with Crippen molar-refractivity contribution in [2.45, 2.75) is 17.7 Å². The number of carbonyl (C=O) groups excluding carboxylic acids is 1. The quantitative estimate of drug-likeness (QED) is 0.627. The van der Waals surface area contributed by atoms with Crippen molar-refractivity contribution >= 4 is 29.3 Å². The van der Waals surface area contributed by atoms with Crippen LogP contribution in [0.1, 0.15) is 23.0 Å². The topological polar surface area (TPSA) is 57.0 Å². The van der Waals surface area contributed by atoms with Gasteiger partial charge in [0.15, 0.2) is 0 Å². The molecule has 0 fully saturated rings. The summed E-state index contributed by atoms with van der Waals surface area (Å²) in [6, 6.07) is 3.62. The predicted octanol–water partition coefficient (Wildman–Crippen LogP) is 2.94. The number of nitrogens with zero attached hydrogens (tertiary/aromatic N) is 3. The molecule has 0 radical (unpaired) electrons. The monoisotopic (exact) mass is 311 g/mol. The fraction of sp³-hybridized carbons (Fsp3) is 0.308. The average Bonchev–Trinajstić information content (AvgIpc) is 2.80. The number of hydrogen-bond acceptors (Lipinski definition) is 5. The Morgan fingerprint density at radius 2 is 2.25 bits per heavy atom. The maximum Gasteiger partial charge on any atom is 0.341 e. The number of aromatic nitrogens is 3. The first-order valence-electron chi connectivity index (χ1n) is 6.04. The minimum atomic E-state index is -0.347. The molecule has 2 rings (SSSR count). The van der Waals surface area contributed by atoms with E-state index in [0.717, 1.165) is 10.7 Å². The molecular formula is C13H14ClN3O2S. The summed E-state index contributed by atoms with van der Waals surface area (Å²) >= 11 is 7.30. The summed E-state index contributed by atoms with van der Waals surface area (Å²) in [7, 11) is 1.80. The molecule has 0 aliphatic heterocycles. The van der Waals surface area contributed by atoms with E-state index in [0.29, 0.717) is 22.9 Å². The van der Waals surface area contributed by atoms with Crippen LogP contribution in [0.2, 0.25) is 5.02 Å². The summed E-state index contributed by atoms with van der Waals surface area (Å²) in [5.41, 5.74) is 1.31. The summed E-state index contributed by atoms with van der Waals surface area (Å²) in [6.07, 6.45) is 3.13. The molecule has 0 atom stereocenters. The van der Waals surface area contributed by atoms with E-state index in [1.54, 1.807) is 30.9 Å². The minimum absolute atomic E-state index is 0.346. The van der Waals surface area contributed by atoms with Crippen LogP contribution in [-0.2, 0) is 17.5 Å². The van der Waals surface area contributed by atoms with Crippen LogP contribution < -0.4 is 0 Å². The third kappa shape index (κ3) is 3.52. The molecule has 0 aliphatic carbocycles. The van der Waals surface area contributed by atoms with Gasteiger partial charge in [0, 0.05) is 19.0 Å². The van der Waals surface area contributed by atoms with Gasteiger partial charge < -0.3 is 4.74 Å². The fourth-order valence-electron chi connectivity index (χ4n) is 1.60. The van der Waals surface area contributed by atoms with Gasteiger partial charge in [-0.2, -0.15) is 5.10 Å². The van der Waals surface area contributed by atoms with Gasteiger partial charge in [0.05, 0.1) is 28.5 Å². The SMILES string of the molecule is CCOC(=O)c1cnn(C)c1CSc1ccc(Cl)cn1. The molecule has 0 N–H and O–H groups in total. The number of halogens is 1. The Hall–Kier alpha value is -1.53. The van der Waals surface area contributed by atoms with Crippen LogP contribution in [0, 0.1) is 0 Å². The summed E-state index contributed by atoms with van der Waals surface area (Å²) in [4.78, 5) is 16.0. The molecule has 2 heterocycles. The lowest BCUT2D eigenvalue weighted by Gasteiger charge is -2.05. The van der Waals surface area contributed by atoms with Gasteiger partial charge in [0.2, 0.25) is 0 Å². The Balaban J connectivity index is 2.11. The van der Waals surface area contributed by atoms with Gasteiger partial charge in [-0.1, -0.05) is 11.6 Å². The van der Waals surface area contributed by atoms with E-state index < -0.39 is 0 Å². The van der Waals surface area contributed by atoms with E-state index in [1.807, 2.05) is 6.07 Å². The Morgan fingerprint density at radius 3 is 2.90 bits per heavy atom. The van der Waals surface area contributed by atoms with Crippen LogP contribution in [0.5, 0.6) is 0 Å². The molecule has 5 nitrogen and oxygen atoms in total. The van der Waals surface area contributed by atoms with Crippen LogP contribution in [0.25, 0.3) is 0 Å². The second kappa shape index (κ2) is 6.76. The van der Waals surface area contributed by atoms with Crippen molar-refractivity contribution in [1.29, 1.82) is 0 Å². The van der Waals surface area contributed by atoms with Gasteiger partial charge >= 0.3 is 5.97 Å². The lowest BCUT2D eigenvalue weighted by molar-refractivity contribution is 0.0525. The van der Waals surface area contributed by atoms with Gasteiger partial charge in [0.1, 0.15) is 5.56 Å². The molecule has 0 spiro atoms. The highest BCUT2D eigenvalue weighted by molar-refractivity contribution is 7.98. The number of rotatable bonds is 5. The summed E-state index contributed by atoms with van der Waals surface area (Å²) in [6.45, 7) is 2.12. The van der Waals surface area contributed by atoms with Gasteiger partial charge in [0.25, 0.3) is 0 Å². The van der Waals surface area contributed by atoms with E-state index >= 15 is 0 Å². The standard InChI is InChI=1S/C13H14ClN3O2S/c1-3-19-13(18)10-7-16-17(2)11(10)8-20-12-5-4-9(14)6-15-12/h4-7H,3,8H2,1-2H3. The van der Waals surface area contributed by atoms with Crippen molar-refractivity contribution in [3.63, 3.8) is 0 Å². The molecule has 20 heavy (non-hydrogen) atoms. The summed E-state index contributed by atoms with van der Waals surface area (Å²) < 4.78 is 6.69. The van der Waals surface area contributed by atoms with Crippen molar-refractivity contribution in [2.75, 3.05) is 6.61 Å². The number of esters is 1. The molecule has 106 valence electrons. The fourth-order valence-corrected chi connectivity index (χ4v) is 2.63.